The maximum atomic E-state index is 12.9. The van der Waals surface area contributed by atoms with Crippen LogP contribution in [-0.4, -0.2) is 41.9 Å². The molecule has 1 heterocycles. The van der Waals surface area contributed by atoms with E-state index in [2.05, 4.69) is 15.4 Å². The van der Waals surface area contributed by atoms with E-state index >= 15 is 0 Å². The molecule has 4 rings (SSSR count). The number of fused-ring (bicyclic) bond motifs is 1. The van der Waals surface area contributed by atoms with Crippen molar-refractivity contribution in [3.8, 4) is 0 Å². The van der Waals surface area contributed by atoms with Crippen LogP contribution < -0.4 is 10.6 Å². The zero-order valence-electron chi connectivity index (χ0n) is 17.1. The normalized spacial score (nSPS) is 16.1. The first-order valence-corrected chi connectivity index (χ1v) is 10.3. The molecule has 0 bridgehead atoms. The Morgan fingerprint density at radius 3 is 2.29 bits per heavy atom. The first-order chi connectivity index (χ1) is 15.0. The van der Waals surface area contributed by atoms with Crippen LogP contribution in [0.4, 0.5) is 16.2 Å². The van der Waals surface area contributed by atoms with Crippen molar-refractivity contribution in [2.75, 3.05) is 17.7 Å². The van der Waals surface area contributed by atoms with Gasteiger partial charge in [0.15, 0.2) is 0 Å². The minimum atomic E-state index is -0.539. The molecule has 0 saturated heterocycles. The maximum Gasteiger partial charge on any atom is 0.337 e. The van der Waals surface area contributed by atoms with Crippen molar-refractivity contribution in [3.63, 3.8) is 0 Å². The molecule has 0 unspecified atom stereocenters. The Labute approximate surface area is 179 Å². The van der Waals surface area contributed by atoms with Crippen molar-refractivity contribution >= 4 is 35.2 Å². The fraction of sp³-hybridized carbons (Fsp3) is 0.304. The Morgan fingerprint density at radius 1 is 0.903 bits per heavy atom. The molecule has 8 heteroatoms. The summed E-state index contributed by atoms with van der Waals surface area (Å²) in [6.45, 7) is 0. The number of esters is 1. The lowest BCUT2D eigenvalue weighted by Gasteiger charge is -2.29. The van der Waals surface area contributed by atoms with Gasteiger partial charge in [-0.05, 0) is 49.2 Å². The van der Waals surface area contributed by atoms with Gasteiger partial charge in [-0.25, -0.2) is 9.59 Å². The van der Waals surface area contributed by atoms with Gasteiger partial charge in [0.05, 0.1) is 23.8 Å². The number of hydrogen-bond acceptors (Lipinski definition) is 5. The summed E-state index contributed by atoms with van der Waals surface area (Å²) < 4.78 is 4.67. The number of nitrogens with zero attached hydrogens (tertiary/aromatic N) is 1. The van der Waals surface area contributed by atoms with Crippen molar-refractivity contribution in [2.45, 2.75) is 38.1 Å². The Morgan fingerprint density at radius 2 is 1.58 bits per heavy atom. The molecule has 1 saturated carbocycles. The van der Waals surface area contributed by atoms with Crippen LogP contribution >= 0.6 is 0 Å². The van der Waals surface area contributed by atoms with Crippen LogP contribution in [0.15, 0.2) is 42.5 Å². The van der Waals surface area contributed by atoms with E-state index in [1.165, 1.54) is 24.1 Å². The summed E-state index contributed by atoms with van der Waals surface area (Å²) in [5.41, 5.74) is 1.79. The number of nitrogens with one attached hydrogen (secondary N) is 2. The van der Waals surface area contributed by atoms with Crippen molar-refractivity contribution in [3.05, 3.63) is 59.2 Å². The Balaban J connectivity index is 1.46. The fourth-order valence-corrected chi connectivity index (χ4v) is 4.14. The fourth-order valence-electron chi connectivity index (χ4n) is 4.14. The second-order valence-electron chi connectivity index (χ2n) is 7.68. The van der Waals surface area contributed by atoms with E-state index in [0.717, 1.165) is 32.1 Å². The molecule has 31 heavy (non-hydrogen) atoms. The van der Waals surface area contributed by atoms with Crippen LogP contribution in [0, 0.1) is 0 Å². The molecule has 2 aromatic rings. The molecule has 1 fully saturated rings. The molecule has 4 amide bonds. The van der Waals surface area contributed by atoms with Crippen LogP contribution in [0.3, 0.4) is 0 Å². The first-order valence-electron chi connectivity index (χ1n) is 10.3. The van der Waals surface area contributed by atoms with Gasteiger partial charge in [0.2, 0.25) is 0 Å². The lowest BCUT2D eigenvalue weighted by molar-refractivity contribution is 0.0546. The van der Waals surface area contributed by atoms with Gasteiger partial charge in [0, 0.05) is 17.4 Å². The van der Waals surface area contributed by atoms with Gasteiger partial charge < -0.3 is 15.4 Å². The smallest absolute Gasteiger partial charge is 0.337 e. The van der Waals surface area contributed by atoms with Gasteiger partial charge in [-0.1, -0.05) is 25.3 Å². The Bertz CT molecular complexity index is 1060. The van der Waals surface area contributed by atoms with Gasteiger partial charge in [0.25, 0.3) is 11.8 Å². The highest BCUT2D eigenvalue weighted by molar-refractivity contribution is 6.22. The second kappa shape index (κ2) is 8.59. The van der Waals surface area contributed by atoms with E-state index in [9.17, 15) is 19.2 Å². The molecular weight excluding hydrogens is 398 g/mol. The van der Waals surface area contributed by atoms with Crippen LogP contribution in [0.1, 0.15) is 63.2 Å². The SMILES string of the molecule is COC(=O)c1cccc(NC(=O)Nc2ccc3c(c2)C(=O)N(C2CCCCC2)C3=O)c1. The molecular formula is C23H23N3O5. The molecule has 8 nitrogen and oxygen atoms in total. The van der Waals surface area contributed by atoms with Crippen LogP contribution in [-0.2, 0) is 4.74 Å². The standard InChI is InChI=1S/C23H23N3O5/c1-31-22(29)14-6-5-7-15(12-14)24-23(30)25-16-10-11-18-19(13-16)21(28)26(20(18)27)17-8-3-2-4-9-17/h5-7,10-13,17H,2-4,8-9H2,1H3,(H2,24,25,30). The van der Waals surface area contributed by atoms with Crippen LogP contribution in [0.5, 0.6) is 0 Å². The number of methoxy groups -OCH3 is 1. The Kier molecular flexibility index (Phi) is 5.70. The molecule has 0 aromatic heterocycles. The molecule has 0 spiro atoms. The van der Waals surface area contributed by atoms with Gasteiger partial charge in [0.1, 0.15) is 0 Å². The molecule has 1 aliphatic heterocycles. The number of imide groups is 1. The number of carbonyl (C=O) groups is 4. The minimum absolute atomic E-state index is 0.0528. The number of amides is 4. The third kappa shape index (κ3) is 4.14. The number of hydrogen-bond donors (Lipinski definition) is 2. The van der Waals surface area contributed by atoms with Crippen molar-refractivity contribution in [1.82, 2.24) is 4.90 Å². The minimum Gasteiger partial charge on any atom is -0.465 e. The summed E-state index contributed by atoms with van der Waals surface area (Å²) >= 11 is 0. The second-order valence-corrected chi connectivity index (χ2v) is 7.68. The number of urea groups is 1. The molecule has 0 atom stereocenters. The van der Waals surface area contributed by atoms with Gasteiger partial charge in [-0.15, -0.1) is 0 Å². The Hall–Kier alpha value is -3.68. The quantitative estimate of drug-likeness (QED) is 0.573. The van der Waals surface area contributed by atoms with Crippen LogP contribution in [0.25, 0.3) is 0 Å². The van der Waals surface area contributed by atoms with E-state index in [0.29, 0.717) is 28.1 Å². The summed E-state index contributed by atoms with van der Waals surface area (Å²) in [6.07, 6.45) is 4.84. The lowest BCUT2D eigenvalue weighted by atomic mass is 9.94. The predicted octanol–water partition coefficient (Wildman–Crippen LogP) is 4.05. The molecule has 2 aromatic carbocycles. The van der Waals surface area contributed by atoms with Crippen molar-refractivity contribution < 1.29 is 23.9 Å². The van der Waals surface area contributed by atoms with Crippen molar-refractivity contribution in [2.24, 2.45) is 0 Å². The predicted molar refractivity (Wildman–Crippen MR) is 114 cm³/mol. The average molecular weight is 421 g/mol. The average Bonchev–Trinajstić information content (AvgIpc) is 3.03. The number of benzene rings is 2. The van der Waals surface area contributed by atoms with Gasteiger partial charge in [-0.2, -0.15) is 0 Å². The highest BCUT2D eigenvalue weighted by Gasteiger charge is 2.40. The number of carbonyl (C=O) groups excluding carboxylic acids is 4. The summed E-state index contributed by atoms with van der Waals surface area (Å²) in [5, 5.41) is 5.30. The monoisotopic (exact) mass is 421 g/mol. The van der Waals surface area contributed by atoms with Gasteiger partial charge >= 0.3 is 12.0 Å². The lowest BCUT2D eigenvalue weighted by Crippen LogP contribution is -2.40. The number of ether oxygens (including phenoxy) is 1. The van der Waals surface area contributed by atoms with Crippen LogP contribution in [0.2, 0.25) is 0 Å². The van der Waals surface area contributed by atoms with Gasteiger partial charge in [-0.3, -0.25) is 14.5 Å². The summed E-state index contributed by atoms with van der Waals surface area (Å²) in [6, 6.07) is 10.5. The largest absolute Gasteiger partial charge is 0.465 e. The first kappa shape index (κ1) is 20.6. The topological polar surface area (TPSA) is 105 Å². The highest BCUT2D eigenvalue weighted by atomic mass is 16.5. The summed E-state index contributed by atoms with van der Waals surface area (Å²) in [4.78, 5) is 51.1. The van der Waals surface area contributed by atoms with E-state index in [1.54, 1.807) is 30.3 Å². The molecule has 2 N–H and O–H groups in total. The molecule has 160 valence electrons. The third-order valence-electron chi connectivity index (χ3n) is 5.66. The zero-order valence-corrected chi connectivity index (χ0v) is 17.1. The zero-order chi connectivity index (χ0) is 22.0. The van der Waals surface area contributed by atoms with E-state index < -0.39 is 12.0 Å². The summed E-state index contributed by atoms with van der Waals surface area (Å²) in [7, 11) is 1.28. The molecule has 1 aliphatic carbocycles. The molecule has 2 aliphatic rings. The molecule has 0 radical (unpaired) electrons. The maximum absolute atomic E-state index is 12.9. The van der Waals surface area contributed by atoms with E-state index in [-0.39, 0.29) is 17.9 Å². The van der Waals surface area contributed by atoms with E-state index in [1.807, 2.05) is 0 Å². The van der Waals surface area contributed by atoms with E-state index in [4.69, 9.17) is 0 Å². The number of rotatable bonds is 4. The highest BCUT2D eigenvalue weighted by Crippen LogP contribution is 2.32. The van der Waals surface area contributed by atoms with Crippen molar-refractivity contribution in [1.29, 1.82) is 0 Å². The third-order valence-corrected chi connectivity index (χ3v) is 5.66. The number of anilines is 2. The summed E-state index contributed by atoms with van der Waals surface area (Å²) in [5.74, 6) is -1.07.